The first-order valence-corrected chi connectivity index (χ1v) is 7.98. The van der Waals surface area contributed by atoms with Gasteiger partial charge in [0.25, 0.3) is 11.6 Å². The molecule has 9 heteroatoms. The van der Waals surface area contributed by atoms with E-state index in [2.05, 4.69) is 6.92 Å². The molecule has 1 aromatic carbocycles. The van der Waals surface area contributed by atoms with E-state index in [0.717, 1.165) is 18.9 Å². The molecule has 2 aliphatic rings. The lowest BCUT2D eigenvalue weighted by Crippen LogP contribution is -2.41. The molecule has 1 amide bonds. The number of nitro groups is 1. The highest BCUT2D eigenvalue weighted by Crippen LogP contribution is 2.38. The minimum atomic E-state index is -0.941. The molecule has 1 unspecified atom stereocenters. The van der Waals surface area contributed by atoms with E-state index < -0.39 is 23.2 Å². The van der Waals surface area contributed by atoms with Gasteiger partial charge in [-0.2, -0.15) is 0 Å². The van der Waals surface area contributed by atoms with Gasteiger partial charge in [-0.25, -0.2) is 4.79 Å². The van der Waals surface area contributed by atoms with Gasteiger partial charge in [-0.3, -0.25) is 14.9 Å². The number of carbonyl (C=O) groups is 2. The number of likely N-dealkylation sites (tertiary alicyclic amines) is 1. The lowest BCUT2D eigenvalue weighted by molar-refractivity contribution is -0.385. The van der Waals surface area contributed by atoms with Crippen molar-refractivity contribution in [3.8, 4) is 11.5 Å². The summed E-state index contributed by atoms with van der Waals surface area (Å²) in [4.78, 5) is 36.5. The smallest absolute Gasteiger partial charge is 0.345 e. The van der Waals surface area contributed by atoms with Crippen LogP contribution in [0.3, 0.4) is 0 Å². The maximum Gasteiger partial charge on any atom is 0.345 e. The Labute approximate surface area is 143 Å². The number of fused-ring (bicyclic) bond motifs is 1. The van der Waals surface area contributed by atoms with Crippen LogP contribution < -0.4 is 9.47 Å². The zero-order chi connectivity index (χ0) is 18.0. The van der Waals surface area contributed by atoms with Gasteiger partial charge in [0, 0.05) is 19.2 Å². The van der Waals surface area contributed by atoms with Crippen molar-refractivity contribution in [1.82, 2.24) is 4.90 Å². The molecule has 0 aromatic heterocycles. The Balaban J connectivity index is 1.69. The van der Waals surface area contributed by atoms with E-state index in [1.165, 1.54) is 6.07 Å². The minimum Gasteiger partial charge on any atom is -0.454 e. The third-order valence-electron chi connectivity index (χ3n) is 4.24. The average Bonchev–Trinajstić information content (AvgIpc) is 3.05. The van der Waals surface area contributed by atoms with Crippen molar-refractivity contribution >= 4 is 17.6 Å². The third-order valence-corrected chi connectivity index (χ3v) is 4.24. The summed E-state index contributed by atoms with van der Waals surface area (Å²) in [5.74, 6) is -0.412. The molecule has 2 aliphatic heterocycles. The molecule has 3 rings (SSSR count). The summed E-state index contributed by atoms with van der Waals surface area (Å²) in [7, 11) is 0. The number of carbonyl (C=O) groups excluding carboxylic acids is 2. The lowest BCUT2D eigenvalue weighted by atomic mass is 10.0. The largest absolute Gasteiger partial charge is 0.454 e. The van der Waals surface area contributed by atoms with Gasteiger partial charge in [-0.1, -0.05) is 6.92 Å². The number of hydrogen-bond acceptors (Lipinski definition) is 7. The summed E-state index contributed by atoms with van der Waals surface area (Å²) in [5.41, 5.74) is -0.720. The summed E-state index contributed by atoms with van der Waals surface area (Å²) in [6.07, 6.45) is 1.97. The highest BCUT2D eigenvalue weighted by atomic mass is 16.7. The quantitative estimate of drug-likeness (QED) is 0.462. The molecule has 1 fully saturated rings. The highest BCUT2D eigenvalue weighted by Gasteiger charge is 2.29. The van der Waals surface area contributed by atoms with Crippen molar-refractivity contribution < 1.29 is 28.7 Å². The second-order valence-corrected chi connectivity index (χ2v) is 6.14. The fraction of sp³-hybridized carbons (Fsp3) is 0.500. The van der Waals surface area contributed by atoms with E-state index >= 15 is 0 Å². The second kappa shape index (κ2) is 6.96. The van der Waals surface area contributed by atoms with Gasteiger partial charge < -0.3 is 19.1 Å². The van der Waals surface area contributed by atoms with E-state index in [9.17, 15) is 19.7 Å². The maximum absolute atomic E-state index is 12.2. The predicted molar refractivity (Wildman–Crippen MR) is 84.5 cm³/mol. The van der Waals surface area contributed by atoms with Gasteiger partial charge in [0.2, 0.25) is 6.79 Å². The number of amides is 1. The maximum atomic E-state index is 12.2. The molecule has 0 bridgehead atoms. The van der Waals surface area contributed by atoms with Crippen LogP contribution >= 0.6 is 0 Å². The van der Waals surface area contributed by atoms with Gasteiger partial charge in [0.15, 0.2) is 18.1 Å². The molecular weight excluding hydrogens is 332 g/mol. The van der Waals surface area contributed by atoms with Crippen LogP contribution in [0.1, 0.15) is 30.1 Å². The zero-order valence-corrected chi connectivity index (χ0v) is 13.7. The first-order valence-electron chi connectivity index (χ1n) is 7.98. The monoisotopic (exact) mass is 350 g/mol. The molecule has 0 radical (unpaired) electrons. The van der Waals surface area contributed by atoms with Crippen molar-refractivity contribution in [2.45, 2.75) is 19.8 Å². The Morgan fingerprint density at radius 1 is 1.36 bits per heavy atom. The number of benzene rings is 1. The van der Waals surface area contributed by atoms with E-state index in [4.69, 9.17) is 14.2 Å². The Hall–Kier alpha value is -2.84. The Morgan fingerprint density at radius 3 is 2.76 bits per heavy atom. The van der Waals surface area contributed by atoms with Gasteiger partial charge in [-0.05, 0) is 18.8 Å². The molecule has 0 spiro atoms. The van der Waals surface area contributed by atoms with Crippen molar-refractivity contribution in [1.29, 1.82) is 0 Å². The summed E-state index contributed by atoms with van der Waals surface area (Å²) < 4.78 is 15.2. The van der Waals surface area contributed by atoms with Crippen molar-refractivity contribution in [3.05, 3.63) is 27.8 Å². The molecule has 0 N–H and O–H groups in total. The van der Waals surface area contributed by atoms with Crippen LogP contribution in [-0.4, -0.2) is 48.2 Å². The zero-order valence-electron chi connectivity index (χ0n) is 13.7. The van der Waals surface area contributed by atoms with E-state index in [1.807, 2.05) is 0 Å². The number of rotatable bonds is 4. The molecule has 1 atom stereocenters. The normalized spacial score (nSPS) is 18.8. The van der Waals surface area contributed by atoms with Gasteiger partial charge in [-0.15, -0.1) is 0 Å². The van der Waals surface area contributed by atoms with E-state index in [0.29, 0.717) is 19.0 Å². The number of nitro benzene ring substituents is 1. The van der Waals surface area contributed by atoms with E-state index in [-0.39, 0.29) is 29.8 Å². The summed E-state index contributed by atoms with van der Waals surface area (Å²) in [6, 6.07) is 2.32. The van der Waals surface area contributed by atoms with Crippen LogP contribution in [0.2, 0.25) is 0 Å². The summed E-state index contributed by atoms with van der Waals surface area (Å²) in [5, 5.41) is 11.2. The van der Waals surface area contributed by atoms with Crippen LogP contribution in [0.25, 0.3) is 0 Å². The highest BCUT2D eigenvalue weighted by molar-refractivity contribution is 5.96. The number of hydrogen-bond donors (Lipinski definition) is 0. The first-order chi connectivity index (χ1) is 12.0. The molecule has 134 valence electrons. The van der Waals surface area contributed by atoms with Crippen LogP contribution in [0.4, 0.5) is 5.69 Å². The van der Waals surface area contributed by atoms with Crippen LogP contribution in [0, 0.1) is 16.0 Å². The third kappa shape index (κ3) is 3.65. The van der Waals surface area contributed by atoms with Gasteiger partial charge >= 0.3 is 5.97 Å². The minimum absolute atomic E-state index is 0.0728. The van der Waals surface area contributed by atoms with Crippen LogP contribution in [0.15, 0.2) is 12.1 Å². The molecule has 25 heavy (non-hydrogen) atoms. The van der Waals surface area contributed by atoms with E-state index in [1.54, 1.807) is 4.90 Å². The second-order valence-electron chi connectivity index (χ2n) is 6.14. The number of ether oxygens (including phenoxy) is 3. The van der Waals surface area contributed by atoms with Crippen LogP contribution in [-0.2, 0) is 9.53 Å². The molecule has 9 nitrogen and oxygen atoms in total. The van der Waals surface area contributed by atoms with Gasteiger partial charge in [0.05, 0.1) is 11.0 Å². The Bertz CT molecular complexity index is 719. The van der Waals surface area contributed by atoms with Crippen molar-refractivity contribution in [2.75, 3.05) is 26.5 Å². The predicted octanol–water partition coefficient (Wildman–Crippen LogP) is 1.74. The molecule has 1 aromatic rings. The summed E-state index contributed by atoms with van der Waals surface area (Å²) >= 11 is 0. The number of esters is 1. The fourth-order valence-corrected chi connectivity index (χ4v) is 2.96. The Kier molecular flexibility index (Phi) is 4.73. The first kappa shape index (κ1) is 17.0. The Morgan fingerprint density at radius 2 is 2.08 bits per heavy atom. The lowest BCUT2D eigenvalue weighted by Gasteiger charge is -2.30. The number of nitrogens with zero attached hydrogens (tertiary/aromatic N) is 2. The topological polar surface area (TPSA) is 108 Å². The fourth-order valence-electron chi connectivity index (χ4n) is 2.96. The standard InChI is InChI=1S/C16H18N2O7/c1-10-3-2-4-17(7-10)15(19)8-23-16(20)11-5-13-14(25-9-24-13)6-12(11)18(21)22/h5-6,10H,2-4,7-9H2,1H3. The van der Waals surface area contributed by atoms with Crippen molar-refractivity contribution in [2.24, 2.45) is 5.92 Å². The number of piperidine rings is 1. The van der Waals surface area contributed by atoms with Crippen molar-refractivity contribution in [3.63, 3.8) is 0 Å². The van der Waals surface area contributed by atoms with Crippen LogP contribution in [0.5, 0.6) is 11.5 Å². The molecule has 0 saturated carbocycles. The SMILES string of the molecule is CC1CCCN(C(=O)COC(=O)c2cc3c(cc2[N+](=O)[O-])OCO3)C1. The average molecular weight is 350 g/mol. The molecular formula is C16H18N2O7. The summed E-state index contributed by atoms with van der Waals surface area (Å²) in [6.45, 7) is 2.79. The molecule has 2 heterocycles. The van der Waals surface area contributed by atoms with Gasteiger partial charge in [0.1, 0.15) is 5.56 Å². The molecule has 0 aliphatic carbocycles. The molecule has 1 saturated heterocycles.